The van der Waals surface area contributed by atoms with Crippen LogP contribution in [0.25, 0.3) is 11.1 Å². The van der Waals surface area contributed by atoms with Crippen molar-refractivity contribution in [3.05, 3.63) is 70.4 Å². The van der Waals surface area contributed by atoms with Crippen LogP contribution in [0.5, 0.6) is 0 Å². The fourth-order valence-corrected chi connectivity index (χ4v) is 5.07. The second-order valence-electron chi connectivity index (χ2n) is 9.17. The van der Waals surface area contributed by atoms with Gasteiger partial charge in [0.05, 0.1) is 18.6 Å². The van der Waals surface area contributed by atoms with Gasteiger partial charge in [-0.25, -0.2) is 4.79 Å². The van der Waals surface area contributed by atoms with Gasteiger partial charge in [-0.1, -0.05) is 61.8 Å². The number of benzene rings is 2. The van der Waals surface area contributed by atoms with Gasteiger partial charge in [-0.2, -0.15) is 0 Å². The molecule has 2 unspecified atom stereocenters. The average molecular weight is 436 g/mol. The van der Waals surface area contributed by atoms with Gasteiger partial charge in [-0.3, -0.25) is 9.79 Å². The molecule has 5 heteroatoms. The molecule has 2 atom stereocenters. The second kappa shape index (κ2) is 8.08. The highest BCUT2D eigenvalue weighted by molar-refractivity contribution is 6.30. The minimum Gasteiger partial charge on any atom is -0.466 e. The van der Waals surface area contributed by atoms with Crippen molar-refractivity contribution in [1.82, 2.24) is 0 Å². The van der Waals surface area contributed by atoms with E-state index in [0.717, 1.165) is 28.8 Å². The van der Waals surface area contributed by atoms with Gasteiger partial charge >= 0.3 is 5.97 Å². The minimum atomic E-state index is -0.429. The summed E-state index contributed by atoms with van der Waals surface area (Å²) < 4.78 is 5.08. The summed E-state index contributed by atoms with van der Waals surface area (Å²) >= 11 is 6.14. The first-order valence-electron chi connectivity index (χ1n) is 10.5. The lowest BCUT2D eigenvalue weighted by atomic mass is 9.63. The maximum absolute atomic E-state index is 13.2. The van der Waals surface area contributed by atoms with Crippen molar-refractivity contribution in [3.8, 4) is 11.1 Å². The van der Waals surface area contributed by atoms with Crippen LogP contribution in [0.2, 0.25) is 5.02 Å². The quantitative estimate of drug-likeness (QED) is 0.556. The Kier molecular flexibility index (Phi) is 5.61. The molecule has 1 heterocycles. The van der Waals surface area contributed by atoms with Gasteiger partial charge in [0.1, 0.15) is 5.78 Å². The van der Waals surface area contributed by atoms with E-state index >= 15 is 0 Å². The number of ketones is 1. The summed E-state index contributed by atoms with van der Waals surface area (Å²) in [6.45, 7) is 6.01. The number of hydrogen-bond acceptors (Lipinski definition) is 4. The number of allylic oxidation sites excluding steroid dienone is 1. The molecule has 2 aromatic carbocycles. The Bertz CT molecular complexity index is 1110. The number of esters is 1. The van der Waals surface area contributed by atoms with E-state index < -0.39 is 17.8 Å². The number of Topliss-reactive ketones (excluding diaryl/α,β-unsaturated/α-hetero) is 1. The van der Waals surface area contributed by atoms with Gasteiger partial charge in [0.2, 0.25) is 0 Å². The standard InChI is InChI=1S/C26H26ClNO3/c1-15-22(25(30)31-4)23(24-20(28-15)13-26(2,3)14-21(24)29)17-10-8-16(9-11-17)18-6-5-7-19(27)12-18/h5-12,23-24H,13-14H2,1-4H3. The molecule has 0 radical (unpaired) electrons. The van der Waals surface area contributed by atoms with Crippen molar-refractivity contribution in [2.45, 2.75) is 39.5 Å². The van der Waals surface area contributed by atoms with E-state index in [1.165, 1.54) is 7.11 Å². The van der Waals surface area contributed by atoms with Crippen molar-refractivity contribution in [3.63, 3.8) is 0 Å². The number of rotatable bonds is 3. The van der Waals surface area contributed by atoms with Crippen LogP contribution in [0.4, 0.5) is 0 Å². The van der Waals surface area contributed by atoms with Crippen LogP contribution in [0.15, 0.2) is 64.8 Å². The Morgan fingerprint density at radius 2 is 1.77 bits per heavy atom. The molecule has 0 amide bonds. The Hall–Kier alpha value is -2.72. The van der Waals surface area contributed by atoms with E-state index in [0.29, 0.717) is 22.7 Å². The molecule has 1 saturated carbocycles. The molecule has 31 heavy (non-hydrogen) atoms. The minimum absolute atomic E-state index is 0.129. The van der Waals surface area contributed by atoms with Crippen LogP contribution in [0.1, 0.15) is 45.1 Å². The normalized spacial score (nSPS) is 22.6. The third-order valence-electron chi connectivity index (χ3n) is 6.20. The van der Waals surface area contributed by atoms with Crippen LogP contribution >= 0.6 is 11.6 Å². The van der Waals surface area contributed by atoms with Gasteiger partial charge in [-0.05, 0) is 47.6 Å². The monoisotopic (exact) mass is 435 g/mol. The third-order valence-corrected chi connectivity index (χ3v) is 6.43. The molecule has 1 aliphatic heterocycles. The zero-order valence-electron chi connectivity index (χ0n) is 18.2. The topological polar surface area (TPSA) is 55.7 Å². The van der Waals surface area contributed by atoms with Crippen LogP contribution < -0.4 is 0 Å². The Labute approximate surface area is 188 Å². The zero-order valence-corrected chi connectivity index (χ0v) is 19.0. The summed E-state index contributed by atoms with van der Waals surface area (Å²) in [4.78, 5) is 30.7. The number of nitrogens with zero attached hydrogens (tertiary/aromatic N) is 1. The van der Waals surface area contributed by atoms with E-state index in [-0.39, 0.29) is 11.2 Å². The van der Waals surface area contributed by atoms with Crippen LogP contribution in [0.3, 0.4) is 0 Å². The molecule has 0 aromatic heterocycles. The maximum Gasteiger partial charge on any atom is 0.336 e. The van der Waals surface area contributed by atoms with Gasteiger partial charge in [-0.15, -0.1) is 0 Å². The molecule has 0 bridgehead atoms. The van der Waals surface area contributed by atoms with Gasteiger partial charge in [0, 0.05) is 28.8 Å². The van der Waals surface area contributed by atoms with Crippen molar-refractivity contribution in [2.75, 3.05) is 7.11 Å². The van der Waals surface area contributed by atoms with Crippen LogP contribution in [0, 0.1) is 11.3 Å². The Balaban J connectivity index is 1.80. The lowest BCUT2D eigenvalue weighted by molar-refractivity contribution is -0.136. The smallest absolute Gasteiger partial charge is 0.336 e. The van der Waals surface area contributed by atoms with Gasteiger partial charge in [0.15, 0.2) is 0 Å². The summed E-state index contributed by atoms with van der Waals surface area (Å²) in [5.41, 5.74) is 4.79. The van der Waals surface area contributed by atoms with E-state index in [1.54, 1.807) is 0 Å². The Morgan fingerprint density at radius 1 is 1.06 bits per heavy atom. The maximum atomic E-state index is 13.2. The molecule has 4 nitrogen and oxygen atoms in total. The lowest BCUT2D eigenvalue weighted by Crippen LogP contribution is -2.44. The molecular formula is C26H26ClNO3. The van der Waals surface area contributed by atoms with Gasteiger partial charge in [0.25, 0.3) is 0 Å². The lowest BCUT2D eigenvalue weighted by Gasteiger charge is -2.41. The number of fused-ring (bicyclic) bond motifs is 1. The van der Waals surface area contributed by atoms with E-state index in [2.05, 4.69) is 13.8 Å². The molecule has 160 valence electrons. The molecule has 4 rings (SSSR count). The SMILES string of the molecule is COC(=O)C1=C(C)N=C2CC(C)(C)CC(=O)C2C1c1ccc(-c2cccc(Cl)c2)cc1. The number of carbonyl (C=O) groups excluding carboxylic acids is 2. The highest BCUT2D eigenvalue weighted by atomic mass is 35.5. The summed E-state index contributed by atoms with van der Waals surface area (Å²) in [5, 5.41) is 0.677. The first-order valence-corrected chi connectivity index (χ1v) is 10.8. The summed E-state index contributed by atoms with van der Waals surface area (Å²) in [7, 11) is 1.37. The second-order valence-corrected chi connectivity index (χ2v) is 9.60. The molecule has 0 spiro atoms. The number of aliphatic imine (C=N–C) groups is 1. The fourth-order valence-electron chi connectivity index (χ4n) is 4.88. The summed E-state index contributed by atoms with van der Waals surface area (Å²) in [5.74, 6) is -1.12. The molecule has 0 saturated heterocycles. The predicted molar refractivity (Wildman–Crippen MR) is 123 cm³/mol. The molecule has 1 fully saturated rings. The molecule has 2 aromatic rings. The highest BCUT2D eigenvalue weighted by Gasteiger charge is 2.47. The number of halogens is 1. The van der Waals surface area contributed by atoms with Crippen molar-refractivity contribution >= 4 is 29.1 Å². The van der Waals surface area contributed by atoms with Crippen molar-refractivity contribution in [1.29, 1.82) is 0 Å². The largest absolute Gasteiger partial charge is 0.466 e. The average Bonchev–Trinajstić information content (AvgIpc) is 2.71. The summed E-state index contributed by atoms with van der Waals surface area (Å²) in [6.07, 6.45) is 1.22. The third kappa shape index (κ3) is 4.09. The van der Waals surface area contributed by atoms with E-state index in [4.69, 9.17) is 21.3 Å². The van der Waals surface area contributed by atoms with E-state index in [1.807, 2.05) is 55.5 Å². The number of hydrogen-bond donors (Lipinski definition) is 0. The van der Waals surface area contributed by atoms with E-state index in [9.17, 15) is 9.59 Å². The van der Waals surface area contributed by atoms with Crippen LogP contribution in [-0.2, 0) is 14.3 Å². The zero-order chi connectivity index (χ0) is 22.3. The van der Waals surface area contributed by atoms with Gasteiger partial charge < -0.3 is 4.74 Å². The fraction of sp³-hybridized carbons (Fsp3) is 0.346. The summed E-state index contributed by atoms with van der Waals surface area (Å²) in [6, 6.07) is 15.7. The molecule has 0 N–H and O–H groups in total. The number of ether oxygens (including phenoxy) is 1. The number of methoxy groups -OCH3 is 1. The predicted octanol–water partition coefficient (Wildman–Crippen LogP) is 6.00. The first-order chi connectivity index (χ1) is 14.7. The Morgan fingerprint density at radius 3 is 2.42 bits per heavy atom. The van der Waals surface area contributed by atoms with Crippen LogP contribution in [-0.4, -0.2) is 24.6 Å². The molecule has 2 aliphatic rings. The highest BCUT2D eigenvalue weighted by Crippen LogP contribution is 2.47. The van der Waals surface area contributed by atoms with Crippen molar-refractivity contribution in [2.24, 2.45) is 16.3 Å². The first kappa shape index (κ1) is 21.5. The molecular weight excluding hydrogens is 410 g/mol. The number of carbonyl (C=O) groups is 2. The molecule has 1 aliphatic carbocycles. The van der Waals surface area contributed by atoms with Crippen molar-refractivity contribution < 1.29 is 14.3 Å².